The molecule has 2 aromatic rings. The molecule has 0 saturated carbocycles. The largest absolute Gasteiger partial charge is 0.435 e. The lowest BCUT2D eigenvalue weighted by molar-refractivity contribution is -0.276. The number of nitrogens with zero attached hydrogens (tertiary/aromatic N) is 2. The van der Waals surface area contributed by atoms with Gasteiger partial charge in [0.15, 0.2) is 0 Å². The van der Waals surface area contributed by atoms with Gasteiger partial charge in [-0.1, -0.05) is 34.1 Å². The fraction of sp³-hybridized carbons (Fsp3) is 0.364. The van der Waals surface area contributed by atoms with Crippen LogP contribution in [0.1, 0.15) is 30.0 Å². The lowest BCUT2D eigenvalue weighted by atomic mass is 9.85. The number of oxime groups is 1. The molecule has 0 N–H and O–H groups in total. The Balaban J connectivity index is 1.95. The Morgan fingerprint density at radius 2 is 1.83 bits per heavy atom. The van der Waals surface area contributed by atoms with Crippen LogP contribution in [0.5, 0.6) is 0 Å². The van der Waals surface area contributed by atoms with E-state index in [1.807, 2.05) is 6.92 Å². The van der Waals surface area contributed by atoms with Gasteiger partial charge in [0.05, 0.1) is 22.7 Å². The minimum atomic E-state index is -5.07. The molecule has 0 spiro atoms. The Morgan fingerprint density at radius 1 is 1.14 bits per heavy atom. The lowest BCUT2D eigenvalue weighted by Gasteiger charge is -2.30. The van der Waals surface area contributed by atoms with Crippen LogP contribution in [0, 0.1) is 0 Å². The number of rotatable bonds is 6. The predicted molar refractivity (Wildman–Crippen MR) is 130 cm³/mol. The van der Waals surface area contributed by atoms with Crippen LogP contribution < -0.4 is 4.90 Å². The second kappa shape index (κ2) is 10.3. The molecule has 0 saturated heterocycles. The van der Waals surface area contributed by atoms with Gasteiger partial charge in [-0.05, 0) is 52.0 Å². The molecule has 1 amide bonds. The van der Waals surface area contributed by atoms with E-state index in [0.717, 1.165) is 11.8 Å². The van der Waals surface area contributed by atoms with Crippen molar-refractivity contribution in [1.82, 2.24) is 0 Å². The first-order valence-electron chi connectivity index (χ1n) is 10.0. The third-order valence-corrected chi connectivity index (χ3v) is 7.28. The predicted octanol–water partition coefficient (Wildman–Crippen LogP) is 7.53. The third kappa shape index (κ3) is 5.82. The topological polar surface area (TPSA) is 41.9 Å². The van der Waals surface area contributed by atoms with Gasteiger partial charge >= 0.3 is 12.4 Å². The van der Waals surface area contributed by atoms with Crippen molar-refractivity contribution in [3.63, 3.8) is 0 Å². The third-order valence-electron chi connectivity index (χ3n) is 5.32. The molecule has 13 heteroatoms. The van der Waals surface area contributed by atoms with E-state index in [1.165, 1.54) is 28.8 Å². The van der Waals surface area contributed by atoms with Gasteiger partial charge in [-0.2, -0.15) is 38.1 Å². The molecular formula is C22H18Br2F6N2O2S. The number of alkyl halides is 6. The van der Waals surface area contributed by atoms with Crippen molar-refractivity contribution < 1.29 is 36.0 Å². The minimum Gasteiger partial charge on any atom is -0.374 e. The first-order valence-corrected chi connectivity index (χ1v) is 12.8. The highest BCUT2D eigenvalue weighted by Crippen LogP contribution is 2.50. The van der Waals surface area contributed by atoms with E-state index in [1.54, 1.807) is 13.1 Å². The molecule has 1 atom stereocenters. The van der Waals surface area contributed by atoms with E-state index >= 15 is 0 Å². The second-order valence-electron chi connectivity index (χ2n) is 7.61. The molecule has 3 rings (SSSR count). The molecule has 190 valence electrons. The average Bonchev–Trinajstić information content (AvgIpc) is 3.23. The molecule has 4 nitrogen and oxygen atoms in total. The van der Waals surface area contributed by atoms with Crippen LogP contribution in [0.2, 0.25) is 0 Å². The van der Waals surface area contributed by atoms with Crippen molar-refractivity contribution >= 4 is 60.9 Å². The number of hydrogen-bond donors (Lipinski definition) is 0. The van der Waals surface area contributed by atoms with Gasteiger partial charge in [-0.3, -0.25) is 4.79 Å². The first-order chi connectivity index (χ1) is 16.2. The zero-order valence-electron chi connectivity index (χ0n) is 18.2. The zero-order valence-corrected chi connectivity index (χ0v) is 22.2. The van der Waals surface area contributed by atoms with E-state index in [4.69, 9.17) is 4.84 Å². The van der Waals surface area contributed by atoms with Crippen molar-refractivity contribution in [2.45, 2.75) is 31.3 Å². The Hall–Kier alpha value is -1.73. The van der Waals surface area contributed by atoms with E-state index in [2.05, 4.69) is 37.0 Å². The number of halogens is 8. The average molecular weight is 648 g/mol. The van der Waals surface area contributed by atoms with Crippen molar-refractivity contribution in [1.29, 1.82) is 0 Å². The van der Waals surface area contributed by atoms with E-state index < -0.39 is 35.5 Å². The minimum absolute atomic E-state index is 0.0985. The highest BCUT2D eigenvalue weighted by atomic mass is 79.9. The smallest absolute Gasteiger partial charge is 0.374 e. The number of anilines is 1. The summed E-state index contributed by atoms with van der Waals surface area (Å²) < 4.78 is 82.8. The standard InChI is InChI=1S/C22H18Br2F6N2O2S/c1-3-35-11-19(33)32(2)18-5-4-12(6-16(18)24)17-10-20(34-31-17,22(28,29)30)13-7-14(21(25,26)27)9-15(23)8-13/h4-9H,3,10-11H2,1-2H3. The molecule has 0 fully saturated rings. The molecule has 1 aliphatic heterocycles. The Bertz CT molecular complexity index is 1160. The maximum atomic E-state index is 14.2. The summed E-state index contributed by atoms with van der Waals surface area (Å²) in [7, 11) is 1.58. The Morgan fingerprint density at radius 3 is 2.40 bits per heavy atom. The summed E-state index contributed by atoms with van der Waals surface area (Å²) in [5.41, 5.74) is -4.40. The number of carbonyl (C=O) groups excluding carboxylic acids is 1. The number of thioether (sulfide) groups is 1. The fourth-order valence-electron chi connectivity index (χ4n) is 3.42. The summed E-state index contributed by atoms with van der Waals surface area (Å²) in [6.45, 7) is 1.92. The van der Waals surface area contributed by atoms with Crippen molar-refractivity contribution in [3.05, 3.63) is 62.0 Å². The number of carbonyl (C=O) groups is 1. The summed E-state index contributed by atoms with van der Waals surface area (Å²) in [4.78, 5) is 18.6. The van der Waals surface area contributed by atoms with Gasteiger partial charge in [0, 0.05) is 33.5 Å². The summed E-state index contributed by atoms with van der Waals surface area (Å²) in [5, 5.41) is 3.61. The summed E-state index contributed by atoms with van der Waals surface area (Å²) >= 11 is 7.65. The van der Waals surface area contributed by atoms with Crippen LogP contribution in [0.15, 0.2) is 50.5 Å². The fourth-order valence-corrected chi connectivity index (χ4v) is 5.13. The van der Waals surface area contributed by atoms with Gasteiger partial charge in [-0.15, -0.1) is 0 Å². The number of benzene rings is 2. The first kappa shape index (κ1) is 27.9. The SMILES string of the molecule is CCSCC(=O)N(C)c1ccc(C2=NOC(c3cc(Br)cc(C(F)(F)F)c3)(C(F)(F)F)C2)cc1Br. The van der Waals surface area contributed by atoms with Crippen LogP contribution in [0.4, 0.5) is 32.0 Å². The van der Waals surface area contributed by atoms with Gasteiger partial charge in [0.1, 0.15) is 0 Å². The number of amides is 1. The van der Waals surface area contributed by atoms with Crippen LogP contribution in [0.3, 0.4) is 0 Å². The van der Waals surface area contributed by atoms with E-state index in [9.17, 15) is 31.1 Å². The normalized spacial score (nSPS) is 18.3. The van der Waals surface area contributed by atoms with Crippen molar-refractivity contribution in [3.8, 4) is 0 Å². The second-order valence-corrected chi connectivity index (χ2v) is 10.7. The van der Waals surface area contributed by atoms with Gasteiger partial charge in [0.2, 0.25) is 5.91 Å². The summed E-state index contributed by atoms with van der Waals surface area (Å²) in [5.74, 6) is 0.878. The molecule has 1 aliphatic rings. The lowest BCUT2D eigenvalue weighted by Crippen LogP contribution is -2.43. The molecule has 0 aromatic heterocycles. The van der Waals surface area contributed by atoms with Gasteiger partial charge in [0.25, 0.3) is 5.60 Å². The van der Waals surface area contributed by atoms with Crippen LogP contribution in [-0.4, -0.2) is 36.3 Å². The Kier molecular flexibility index (Phi) is 8.22. The number of hydrogen-bond acceptors (Lipinski definition) is 4. The highest BCUT2D eigenvalue weighted by Gasteiger charge is 2.62. The van der Waals surface area contributed by atoms with Crippen LogP contribution in [-0.2, 0) is 21.4 Å². The molecular weight excluding hydrogens is 630 g/mol. The maximum Gasteiger partial charge on any atom is 0.435 e. The highest BCUT2D eigenvalue weighted by molar-refractivity contribution is 9.10. The van der Waals surface area contributed by atoms with E-state index in [-0.39, 0.29) is 27.4 Å². The van der Waals surface area contributed by atoms with Gasteiger partial charge in [-0.25, -0.2) is 0 Å². The molecule has 0 aliphatic carbocycles. The maximum absolute atomic E-state index is 14.2. The van der Waals surface area contributed by atoms with E-state index in [0.29, 0.717) is 22.3 Å². The van der Waals surface area contributed by atoms with Gasteiger partial charge < -0.3 is 9.74 Å². The van der Waals surface area contributed by atoms with Crippen molar-refractivity contribution in [2.24, 2.45) is 5.16 Å². The molecule has 1 unspecified atom stereocenters. The zero-order chi connectivity index (χ0) is 26.2. The Labute approximate surface area is 218 Å². The summed E-state index contributed by atoms with van der Waals surface area (Å²) in [6.07, 6.45) is -10.8. The molecule has 1 heterocycles. The monoisotopic (exact) mass is 646 g/mol. The quantitative estimate of drug-likeness (QED) is 0.305. The molecule has 0 radical (unpaired) electrons. The summed E-state index contributed by atoms with van der Waals surface area (Å²) in [6, 6.07) is 6.57. The van der Waals surface area contributed by atoms with Crippen LogP contribution >= 0.6 is 43.6 Å². The molecule has 35 heavy (non-hydrogen) atoms. The van der Waals surface area contributed by atoms with Crippen molar-refractivity contribution in [2.75, 3.05) is 23.5 Å². The van der Waals surface area contributed by atoms with Crippen LogP contribution in [0.25, 0.3) is 0 Å². The molecule has 2 aromatic carbocycles. The molecule has 0 bridgehead atoms.